The molecule has 0 aliphatic rings. The first-order valence-electron chi connectivity index (χ1n) is 31.4. The molecule has 0 unspecified atom stereocenters. The first-order chi connectivity index (χ1) is 33.9. The van der Waals surface area contributed by atoms with Crippen LogP contribution in [0.15, 0.2) is 0 Å². The predicted molar refractivity (Wildman–Crippen MR) is 298 cm³/mol. The van der Waals surface area contributed by atoms with Gasteiger partial charge >= 0.3 is 17.9 Å². The first-order valence-corrected chi connectivity index (χ1v) is 31.4. The molecule has 410 valence electrons. The van der Waals surface area contributed by atoms with Crippen molar-refractivity contribution < 1.29 is 28.6 Å². The van der Waals surface area contributed by atoms with Crippen LogP contribution in [0.2, 0.25) is 0 Å². The van der Waals surface area contributed by atoms with Gasteiger partial charge < -0.3 is 14.2 Å². The third-order valence-electron chi connectivity index (χ3n) is 14.5. The number of ether oxygens (including phenoxy) is 3. The van der Waals surface area contributed by atoms with Crippen molar-refractivity contribution in [2.45, 2.75) is 368 Å². The van der Waals surface area contributed by atoms with Gasteiger partial charge in [0.2, 0.25) is 0 Å². The molecule has 0 saturated heterocycles. The second-order valence-corrected chi connectivity index (χ2v) is 22.2. The molecule has 0 bridgehead atoms. The molecule has 0 saturated carbocycles. The van der Waals surface area contributed by atoms with Crippen molar-refractivity contribution in [2.75, 3.05) is 13.2 Å². The zero-order chi connectivity index (χ0) is 50.2. The molecule has 6 heteroatoms. The number of carbonyl (C=O) groups excluding carboxylic acids is 3. The van der Waals surface area contributed by atoms with Gasteiger partial charge in [0.05, 0.1) is 0 Å². The Morgan fingerprint density at radius 3 is 0.710 bits per heavy atom. The topological polar surface area (TPSA) is 78.9 Å². The summed E-state index contributed by atoms with van der Waals surface area (Å²) in [5.41, 5.74) is 0. The highest BCUT2D eigenvalue weighted by molar-refractivity contribution is 5.71. The third kappa shape index (κ3) is 57.2. The highest BCUT2D eigenvalue weighted by atomic mass is 16.6. The van der Waals surface area contributed by atoms with E-state index in [1.54, 1.807) is 0 Å². The molecule has 0 aromatic carbocycles. The van der Waals surface area contributed by atoms with Crippen LogP contribution in [0.25, 0.3) is 0 Å². The second kappa shape index (κ2) is 57.3. The Balaban J connectivity index is 4.26. The smallest absolute Gasteiger partial charge is 0.306 e. The minimum absolute atomic E-state index is 0.0612. The van der Waals surface area contributed by atoms with Crippen molar-refractivity contribution >= 4 is 17.9 Å². The lowest BCUT2D eigenvalue weighted by molar-refractivity contribution is -0.167. The van der Waals surface area contributed by atoms with Gasteiger partial charge in [-0.2, -0.15) is 0 Å². The van der Waals surface area contributed by atoms with E-state index in [9.17, 15) is 14.4 Å². The summed E-state index contributed by atoms with van der Waals surface area (Å²) in [5, 5.41) is 0. The Labute approximate surface area is 431 Å². The first kappa shape index (κ1) is 67.4. The fourth-order valence-corrected chi connectivity index (χ4v) is 9.81. The molecule has 0 spiro atoms. The van der Waals surface area contributed by atoms with E-state index in [1.807, 2.05) is 0 Å². The molecule has 69 heavy (non-hydrogen) atoms. The highest BCUT2D eigenvalue weighted by Crippen LogP contribution is 2.19. The Morgan fingerprint density at radius 1 is 0.275 bits per heavy atom. The van der Waals surface area contributed by atoms with Crippen molar-refractivity contribution in [1.29, 1.82) is 0 Å². The van der Waals surface area contributed by atoms with Crippen LogP contribution in [0.5, 0.6) is 0 Å². The molecule has 0 amide bonds. The summed E-state index contributed by atoms with van der Waals surface area (Å²) in [4.78, 5) is 38.2. The van der Waals surface area contributed by atoms with E-state index in [0.717, 1.165) is 63.7 Å². The standard InChI is InChI=1S/C63H122O6/c1-5-7-9-11-13-15-17-19-20-21-22-23-27-31-35-39-43-47-51-55-62(65)68-58-60(57-67-61(64)54-50-46-42-38-34-29-18-16-14-12-10-8-6-2)69-63(66)56-52-48-44-40-36-32-28-25-24-26-30-33-37-41-45-49-53-59(3)4/h59-60H,5-58H2,1-4H3/t60-/m1/s1. The molecule has 0 rings (SSSR count). The van der Waals surface area contributed by atoms with Crippen molar-refractivity contribution in [3.8, 4) is 0 Å². The minimum Gasteiger partial charge on any atom is -0.462 e. The zero-order valence-corrected chi connectivity index (χ0v) is 47.3. The molecule has 0 N–H and O–H groups in total. The molecular weight excluding hydrogens is 853 g/mol. The quantitative estimate of drug-likeness (QED) is 0.0343. The summed E-state index contributed by atoms with van der Waals surface area (Å²) >= 11 is 0. The molecule has 0 aliphatic heterocycles. The Bertz CT molecular complexity index is 1040. The van der Waals surface area contributed by atoms with E-state index in [-0.39, 0.29) is 31.1 Å². The van der Waals surface area contributed by atoms with E-state index in [4.69, 9.17) is 14.2 Å². The van der Waals surface area contributed by atoms with Crippen molar-refractivity contribution in [3.63, 3.8) is 0 Å². The molecular formula is C63H122O6. The van der Waals surface area contributed by atoms with Crippen LogP contribution in [0.4, 0.5) is 0 Å². The lowest BCUT2D eigenvalue weighted by Crippen LogP contribution is -2.30. The van der Waals surface area contributed by atoms with Crippen LogP contribution in [0.1, 0.15) is 362 Å². The summed E-state index contributed by atoms with van der Waals surface area (Å²) in [6.45, 7) is 9.09. The van der Waals surface area contributed by atoms with Crippen LogP contribution in [0.3, 0.4) is 0 Å². The maximum atomic E-state index is 12.9. The number of hydrogen-bond donors (Lipinski definition) is 0. The van der Waals surface area contributed by atoms with Crippen LogP contribution >= 0.6 is 0 Å². The predicted octanol–water partition coefficient (Wildman–Crippen LogP) is 21.0. The lowest BCUT2D eigenvalue weighted by atomic mass is 10.0. The Kier molecular flexibility index (Phi) is 56.0. The summed E-state index contributed by atoms with van der Waals surface area (Å²) in [6, 6.07) is 0. The minimum atomic E-state index is -0.762. The summed E-state index contributed by atoms with van der Waals surface area (Å²) in [6.07, 6.45) is 63.9. The van der Waals surface area contributed by atoms with Gasteiger partial charge in [0.1, 0.15) is 13.2 Å². The molecule has 0 aromatic rings. The molecule has 6 nitrogen and oxygen atoms in total. The van der Waals surface area contributed by atoms with E-state index in [2.05, 4.69) is 27.7 Å². The maximum absolute atomic E-state index is 12.9. The normalized spacial score (nSPS) is 12.0. The van der Waals surface area contributed by atoms with Gasteiger partial charge in [0.15, 0.2) is 6.10 Å². The van der Waals surface area contributed by atoms with Crippen LogP contribution in [-0.2, 0) is 28.6 Å². The van der Waals surface area contributed by atoms with Gasteiger partial charge in [-0.05, 0) is 25.2 Å². The molecule has 1 atom stereocenters. The molecule has 0 heterocycles. The zero-order valence-electron chi connectivity index (χ0n) is 47.3. The third-order valence-corrected chi connectivity index (χ3v) is 14.5. The van der Waals surface area contributed by atoms with E-state index in [0.29, 0.717) is 19.3 Å². The number of hydrogen-bond acceptors (Lipinski definition) is 6. The van der Waals surface area contributed by atoms with E-state index >= 15 is 0 Å². The van der Waals surface area contributed by atoms with Gasteiger partial charge in [0.25, 0.3) is 0 Å². The van der Waals surface area contributed by atoms with Crippen LogP contribution < -0.4 is 0 Å². The van der Waals surface area contributed by atoms with Gasteiger partial charge in [0, 0.05) is 19.3 Å². The van der Waals surface area contributed by atoms with E-state index < -0.39 is 6.10 Å². The van der Waals surface area contributed by atoms with Crippen molar-refractivity contribution in [3.05, 3.63) is 0 Å². The largest absolute Gasteiger partial charge is 0.462 e. The van der Waals surface area contributed by atoms with Crippen LogP contribution in [0, 0.1) is 5.92 Å². The average molecular weight is 976 g/mol. The average Bonchev–Trinajstić information content (AvgIpc) is 3.34. The summed E-state index contributed by atoms with van der Waals surface area (Å²) in [5.74, 6) is 0.0227. The summed E-state index contributed by atoms with van der Waals surface area (Å²) in [7, 11) is 0. The number of rotatable bonds is 58. The number of unbranched alkanes of at least 4 members (excludes halogenated alkanes) is 45. The Morgan fingerprint density at radius 2 is 0.478 bits per heavy atom. The van der Waals surface area contributed by atoms with Crippen LogP contribution in [-0.4, -0.2) is 37.2 Å². The maximum Gasteiger partial charge on any atom is 0.306 e. The van der Waals surface area contributed by atoms with Crippen molar-refractivity contribution in [1.82, 2.24) is 0 Å². The van der Waals surface area contributed by atoms with Gasteiger partial charge in [-0.3, -0.25) is 14.4 Å². The van der Waals surface area contributed by atoms with Gasteiger partial charge in [-0.15, -0.1) is 0 Å². The molecule has 0 aromatic heterocycles. The second-order valence-electron chi connectivity index (χ2n) is 22.2. The van der Waals surface area contributed by atoms with Gasteiger partial charge in [-0.25, -0.2) is 0 Å². The molecule has 0 aliphatic carbocycles. The van der Waals surface area contributed by atoms with E-state index in [1.165, 1.54) is 257 Å². The highest BCUT2D eigenvalue weighted by Gasteiger charge is 2.19. The van der Waals surface area contributed by atoms with Crippen molar-refractivity contribution in [2.24, 2.45) is 5.92 Å². The molecule has 0 fully saturated rings. The van der Waals surface area contributed by atoms with Gasteiger partial charge in [-0.1, -0.05) is 323 Å². The number of carbonyl (C=O) groups is 3. The lowest BCUT2D eigenvalue weighted by Gasteiger charge is -2.18. The Hall–Kier alpha value is -1.59. The number of esters is 3. The molecule has 0 radical (unpaired) electrons. The summed E-state index contributed by atoms with van der Waals surface area (Å²) < 4.78 is 16.9. The fraction of sp³-hybridized carbons (Fsp3) is 0.952. The SMILES string of the molecule is CCCCCCCCCCCCCCCCCCCCCC(=O)OC[C@@H](COC(=O)CCCCCCCCCCCCCCC)OC(=O)CCCCCCCCCCCCCCCCCCC(C)C. The monoisotopic (exact) mass is 975 g/mol. The fourth-order valence-electron chi connectivity index (χ4n) is 9.81.